The lowest BCUT2D eigenvalue weighted by atomic mass is 9.95. The molecule has 0 spiro atoms. The lowest BCUT2D eigenvalue weighted by Gasteiger charge is -2.20. The molecule has 1 aliphatic rings. The van der Waals surface area contributed by atoms with E-state index in [1.54, 1.807) is 20.2 Å². The van der Waals surface area contributed by atoms with E-state index < -0.39 is 0 Å². The van der Waals surface area contributed by atoms with Gasteiger partial charge in [0.2, 0.25) is 0 Å². The predicted molar refractivity (Wildman–Crippen MR) is 129 cm³/mol. The summed E-state index contributed by atoms with van der Waals surface area (Å²) in [6, 6.07) is 13.2. The first-order valence-electron chi connectivity index (χ1n) is 9.99. The lowest BCUT2D eigenvalue weighted by Crippen LogP contribution is -2.41. The zero-order chi connectivity index (χ0) is 20.7. The number of halogens is 2. The quantitative estimate of drug-likeness (QED) is 0.223. The van der Waals surface area contributed by atoms with Gasteiger partial charge in [-0.2, -0.15) is 0 Å². The highest BCUT2D eigenvalue weighted by molar-refractivity contribution is 14.0. The summed E-state index contributed by atoms with van der Waals surface area (Å²) in [6.45, 7) is 4.32. The molecule has 0 aliphatic heterocycles. The van der Waals surface area contributed by atoms with Gasteiger partial charge in [0.1, 0.15) is 18.2 Å². The number of hydrogen-bond donors (Lipinski definition) is 2. The minimum Gasteiger partial charge on any atom is -0.491 e. The van der Waals surface area contributed by atoms with Crippen molar-refractivity contribution in [1.82, 2.24) is 10.6 Å². The minimum atomic E-state index is -0.138. The van der Waals surface area contributed by atoms with Gasteiger partial charge in [0, 0.05) is 38.2 Å². The summed E-state index contributed by atoms with van der Waals surface area (Å²) in [6.07, 6.45) is 1.96. The van der Waals surface area contributed by atoms with Crippen LogP contribution in [0.3, 0.4) is 0 Å². The van der Waals surface area contributed by atoms with E-state index in [2.05, 4.69) is 27.8 Å². The van der Waals surface area contributed by atoms with Crippen LogP contribution in [0.5, 0.6) is 5.75 Å². The molecule has 0 saturated heterocycles. The van der Waals surface area contributed by atoms with E-state index in [0.717, 1.165) is 35.3 Å². The fourth-order valence-corrected chi connectivity index (χ4v) is 3.41. The largest absolute Gasteiger partial charge is 0.491 e. The number of methoxy groups -OCH3 is 1. The van der Waals surface area contributed by atoms with Gasteiger partial charge in [-0.1, -0.05) is 30.3 Å². The van der Waals surface area contributed by atoms with Crippen molar-refractivity contribution in [3.8, 4) is 5.75 Å². The van der Waals surface area contributed by atoms with Gasteiger partial charge in [0.05, 0.1) is 6.61 Å². The highest BCUT2D eigenvalue weighted by Gasteiger charge is 2.45. The van der Waals surface area contributed by atoms with E-state index >= 15 is 0 Å². The first-order chi connectivity index (χ1) is 14.1. The van der Waals surface area contributed by atoms with Gasteiger partial charge in [-0.3, -0.25) is 4.99 Å². The number of guanidine groups is 1. The summed E-state index contributed by atoms with van der Waals surface area (Å²) in [5.41, 5.74) is 2.84. The first-order valence-corrected chi connectivity index (χ1v) is 9.99. The monoisotopic (exact) mass is 527 g/mol. The zero-order valence-corrected chi connectivity index (χ0v) is 20.2. The van der Waals surface area contributed by atoms with Crippen LogP contribution in [0.15, 0.2) is 47.5 Å². The van der Waals surface area contributed by atoms with E-state index in [1.807, 2.05) is 25.1 Å². The molecule has 5 nitrogen and oxygen atoms in total. The molecule has 1 aliphatic carbocycles. The molecule has 0 aromatic heterocycles. The van der Waals surface area contributed by atoms with Crippen molar-refractivity contribution in [1.29, 1.82) is 0 Å². The van der Waals surface area contributed by atoms with Crippen LogP contribution in [-0.4, -0.2) is 39.9 Å². The van der Waals surface area contributed by atoms with Gasteiger partial charge in [-0.15, -0.1) is 24.0 Å². The number of aliphatic imine (C=N–C) groups is 1. The number of benzene rings is 2. The van der Waals surface area contributed by atoms with Crippen molar-refractivity contribution in [3.63, 3.8) is 0 Å². The van der Waals surface area contributed by atoms with Gasteiger partial charge in [-0.25, -0.2) is 4.39 Å². The summed E-state index contributed by atoms with van der Waals surface area (Å²) >= 11 is 0. The number of aryl methyl sites for hydroxylation is 1. The maximum absolute atomic E-state index is 14.2. The van der Waals surface area contributed by atoms with Crippen LogP contribution in [0.2, 0.25) is 0 Å². The Bertz CT molecular complexity index is 856. The molecular weight excluding hydrogens is 496 g/mol. The minimum absolute atomic E-state index is 0. The molecule has 2 aromatic rings. The Balaban J connectivity index is 0.00000320. The van der Waals surface area contributed by atoms with E-state index in [0.29, 0.717) is 32.3 Å². The number of nitrogens with one attached hydrogen (secondary N) is 2. The van der Waals surface area contributed by atoms with Crippen molar-refractivity contribution in [3.05, 3.63) is 65.0 Å². The van der Waals surface area contributed by atoms with Gasteiger partial charge in [0.25, 0.3) is 0 Å². The average Bonchev–Trinajstić information content (AvgIpc) is 3.51. The van der Waals surface area contributed by atoms with Gasteiger partial charge < -0.3 is 20.1 Å². The second kappa shape index (κ2) is 11.5. The van der Waals surface area contributed by atoms with E-state index in [4.69, 9.17) is 9.47 Å². The fourth-order valence-electron chi connectivity index (χ4n) is 3.41. The fraction of sp³-hybridized carbons (Fsp3) is 0.435. The van der Waals surface area contributed by atoms with E-state index in [9.17, 15) is 4.39 Å². The molecule has 0 amide bonds. The Morgan fingerprint density at radius 1 is 1.13 bits per heavy atom. The van der Waals surface area contributed by atoms with Crippen LogP contribution in [0.1, 0.15) is 29.5 Å². The highest BCUT2D eigenvalue weighted by atomic mass is 127. The maximum atomic E-state index is 14.2. The number of ether oxygens (including phenoxy) is 2. The highest BCUT2D eigenvalue weighted by Crippen LogP contribution is 2.48. The molecule has 0 bridgehead atoms. The van der Waals surface area contributed by atoms with Crippen LogP contribution in [-0.2, 0) is 16.7 Å². The molecule has 3 rings (SSSR count). The first kappa shape index (κ1) is 24.4. The smallest absolute Gasteiger partial charge is 0.191 e. The van der Waals surface area contributed by atoms with Crippen molar-refractivity contribution in [2.75, 3.05) is 33.9 Å². The second-order valence-corrected chi connectivity index (χ2v) is 7.49. The topological polar surface area (TPSA) is 54.9 Å². The van der Waals surface area contributed by atoms with Gasteiger partial charge in [0.15, 0.2) is 5.96 Å². The van der Waals surface area contributed by atoms with Crippen molar-refractivity contribution < 1.29 is 13.9 Å². The molecule has 0 heterocycles. The number of nitrogens with zero attached hydrogens (tertiary/aromatic N) is 1. The zero-order valence-electron chi connectivity index (χ0n) is 17.8. The molecular formula is C23H31FIN3O2. The molecule has 2 aromatic carbocycles. The third-order valence-corrected chi connectivity index (χ3v) is 5.33. The molecule has 7 heteroatoms. The van der Waals surface area contributed by atoms with Crippen LogP contribution in [0, 0.1) is 12.7 Å². The van der Waals surface area contributed by atoms with Gasteiger partial charge in [-0.05, 0) is 43.0 Å². The molecule has 2 N–H and O–H groups in total. The van der Waals surface area contributed by atoms with Crippen LogP contribution in [0.4, 0.5) is 4.39 Å². The maximum Gasteiger partial charge on any atom is 0.191 e. The van der Waals surface area contributed by atoms with E-state index in [1.165, 1.54) is 6.07 Å². The number of rotatable bonds is 9. The Hall–Kier alpha value is -1.87. The van der Waals surface area contributed by atoms with Crippen molar-refractivity contribution >= 4 is 29.9 Å². The molecule has 164 valence electrons. The predicted octanol–water partition coefficient (Wildman–Crippen LogP) is 4.17. The van der Waals surface area contributed by atoms with Crippen molar-refractivity contribution in [2.45, 2.75) is 31.7 Å². The Morgan fingerprint density at radius 3 is 2.57 bits per heavy atom. The Morgan fingerprint density at radius 2 is 1.90 bits per heavy atom. The van der Waals surface area contributed by atoms with Crippen LogP contribution < -0.4 is 15.4 Å². The Kier molecular flexibility index (Phi) is 9.36. The van der Waals surface area contributed by atoms with Gasteiger partial charge >= 0.3 is 0 Å². The third kappa shape index (κ3) is 6.31. The third-order valence-electron chi connectivity index (χ3n) is 5.33. The Labute approximate surface area is 195 Å². The molecule has 0 atom stereocenters. The molecule has 1 fully saturated rings. The van der Waals surface area contributed by atoms with Crippen molar-refractivity contribution in [2.24, 2.45) is 4.99 Å². The summed E-state index contributed by atoms with van der Waals surface area (Å²) in [4.78, 5) is 4.31. The summed E-state index contributed by atoms with van der Waals surface area (Å²) < 4.78 is 25.1. The van der Waals surface area contributed by atoms with Crippen LogP contribution >= 0.6 is 24.0 Å². The molecule has 1 saturated carbocycles. The van der Waals surface area contributed by atoms with E-state index in [-0.39, 0.29) is 35.2 Å². The van der Waals surface area contributed by atoms with Crippen LogP contribution in [0.25, 0.3) is 0 Å². The summed E-state index contributed by atoms with van der Waals surface area (Å²) in [5.74, 6) is 1.40. The average molecular weight is 527 g/mol. The SMILES string of the molecule is CN=C(NCc1ccc(C)cc1OCCOC)NCC1(c2ccccc2F)CC1.I. The summed E-state index contributed by atoms with van der Waals surface area (Å²) in [7, 11) is 3.40. The number of hydrogen-bond acceptors (Lipinski definition) is 3. The molecule has 0 unspecified atom stereocenters. The molecule has 30 heavy (non-hydrogen) atoms. The summed E-state index contributed by atoms with van der Waals surface area (Å²) in [5, 5.41) is 6.70. The molecule has 0 radical (unpaired) electrons. The second-order valence-electron chi connectivity index (χ2n) is 7.49. The normalized spacial score (nSPS) is 14.6. The lowest BCUT2D eigenvalue weighted by molar-refractivity contribution is 0.145. The standard InChI is InChI=1S/C23H30FN3O2.HI/c1-17-8-9-18(21(14-17)29-13-12-28-3)15-26-22(25-2)27-16-23(10-11-23)19-6-4-5-7-20(19)24;/h4-9,14H,10-13,15-16H2,1-3H3,(H2,25,26,27);1H.